The van der Waals surface area contributed by atoms with E-state index in [9.17, 15) is 14.4 Å². The molecule has 0 unspecified atom stereocenters. The number of imidazole rings is 1. The van der Waals surface area contributed by atoms with E-state index in [1.54, 1.807) is 40.8 Å². The maximum Gasteiger partial charge on any atom is 0.291 e. The van der Waals surface area contributed by atoms with Gasteiger partial charge in [-0.05, 0) is 64.7 Å². The second-order valence-electron chi connectivity index (χ2n) is 12.8. The van der Waals surface area contributed by atoms with E-state index in [0.717, 1.165) is 19.4 Å². The zero-order chi connectivity index (χ0) is 36.8. The van der Waals surface area contributed by atoms with Gasteiger partial charge in [-0.25, -0.2) is 13.8 Å². The molecule has 2 aromatic carbocycles. The number of benzene rings is 2. The fraction of sp³-hybridized carbons (Fsp3) is 0.417. The van der Waals surface area contributed by atoms with Crippen LogP contribution in [-0.4, -0.2) is 112 Å². The van der Waals surface area contributed by atoms with Gasteiger partial charge in [0.2, 0.25) is 5.91 Å². The molecule has 0 saturated carbocycles. The van der Waals surface area contributed by atoms with Crippen molar-refractivity contribution < 1.29 is 27.9 Å². The Morgan fingerprint density at radius 3 is 2.35 bits per heavy atom. The Labute approximate surface area is 300 Å². The first-order valence-electron chi connectivity index (χ1n) is 16.8. The summed E-state index contributed by atoms with van der Waals surface area (Å²) in [5.74, 6) is -2.95. The molecule has 12 nitrogen and oxygen atoms in total. The van der Waals surface area contributed by atoms with E-state index in [4.69, 9.17) is 16.3 Å². The maximum atomic E-state index is 15.5. The van der Waals surface area contributed by atoms with Gasteiger partial charge in [0.05, 0.1) is 41.3 Å². The second-order valence-corrected chi connectivity index (χ2v) is 13.2. The van der Waals surface area contributed by atoms with Crippen LogP contribution in [-0.2, 0) is 23.1 Å². The summed E-state index contributed by atoms with van der Waals surface area (Å²) in [6.07, 6.45) is 5.22. The molecule has 272 valence electrons. The Kier molecular flexibility index (Phi) is 12.2. The van der Waals surface area contributed by atoms with Gasteiger partial charge in [0, 0.05) is 75.3 Å². The lowest BCUT2D eigenvalue weighted by atomic mass is 10.0. The van der Waals surface area contributed by atoms with Crippen molar-refractivity contribution in [3.05, 3.63) is 76.5 Å². The highest BCUT2D eigenvalue weighted by molar-refractivity contribution is 6.34. The maximum absolute atomic E-state index is 15.5. The van der Waals surface area contributed by atoms with Gasteiger partial charge in [0.1, 0.15) is 0 Å². The minimum absolute atomic E-state index is 0.0504. The highest BCUT2D eigenvalue weighted by Crippen LogP contribution is 2.33. The number of methoxy groups -OCH3 is 1. The Hall–Kier alpha value is -4.66. The lowest BCUT2D eigenvalue weighted by molar-refractivity contribution is -0.132. The minimum atomic E-state index is -1.08. The molecule has 15 heteroatoms. The van der Waals surface area contributed by atoms with Crippen molar-refractivity contribution in [1.29, 1.82) is 0 Å². The molecule has 3 heterocycles. The summed E-state index contributed by atoms with van der Waals surface area (Å²) in [6, 6.07) is 7.48. The molecule has 1 N–H and O–H groups in total. The molecule has 5 rings (SSSR count). The van der Waals surface area contributed by atoms with E-state index in [-0.39, 0.29) is 45.0 Å². The standard InChI is InChI=1S/C36H43ClF2N8O4/c1-23-28(22-47(42-23)18-19-51-5)25-11-12-27(33(39)32(25)38)30-21-40-34(44(30)4)35(49)41-24-9-10-26(29(37)20-24)36(50)46-16-14-45(15-17-46)31(48)8-6-7-13-43(2)3/h9-12,20-22H,6-8,13-19H2,1-5H3,(H,41,49). The molecule has 3 amide bonds. The average Bonchev–Trinajstić information content (AvgIpc) is 3.68. The lowest BCUT2D eigenvalue weighted by Crippen LogP contribution is -2.50. The Bertz CT molecular complexity index is 1900. The Morgan fingerprint density at radius 1 is 0.980 bits per heavy atom. The molecule has 0 radical (unpaired) electrons. The molecule has 0 aliphatic carbocycles. The number of piperazine rings is 1. The van der Waals surface area contributed by atoms with Crippen LogP contribution in [0.4, 0.5) is 14.5 Å². The molecule has 4 aromatic rings. The summed E-state index contributed by atoms with van der Waals surface area (Å²) >= 11 is 6.51. The lowest BCUT2D eigenvalue weighted by Gasteiger charge is -2.35. The van der Waals surface area contributed by atoms with Gasteiger partial charge in [-0.2, -0.15) is 5.10 Å². The molecule has 0 spiro atoms. The number of nitrogens with zero attached hydrogens (tertiary/aromatic N) is 7. The fourth-order valence-corrected chi connectivity index (χ4v) is 6.31. The van der Waals surface area contributed by atoms with Gasteiger partial charge < -0.3 is 29.3 Å². The predicted octanol–water partition coefficient (Wildman–Crippen LogP) is 5.11. The molecule has 1 fully saturated rings. The number of hydrogen-bond donors (Lipinski definition) is 1. The summed E-state index contributed by atoms with van der Waals surface area (Å²) in [6.45, 7) is 5.24. The number of carbonyl (C=O) groups is 3. The number of aryl methyl sites for hydroxylation is 1. The number of ether oxygens (including phenoxy) is 1. The van der Waals surface area contributed by atoms with E-state index in [2.05, 4.69) is 20.3 Å². The van der Waals surface area contributed by atoms with Crippen molar-refractivity contribution in [2.75, 3.05) is 65.9 Å². The summed E-state index contributed by atoms with van der Waals surface area (Å²) in [5.41, 5.74) is 1.79. The molecular weight excluding hydrogens is 682 g/mol. The first kappa shape index (κ1) is 37.6. The number of unbranched alkanes of at least 4 members (excludes halogenated alkanes) is 1. The molecular formula is C36H43ClF2N8O4. The van der Waals surface area contributed by atoms with Crippen LogP contribution in [0.15, 0.2) is 42.7 Å². The number of rotatable bonds is 13. The van der Waals surface area contributed by atoms with Crippen LogP contribution in [0.1, 0.15) is 45.9 Å². The number of amides is 3. The van der Waals surface area contributed by atoms with E-state index >= 15 is 8.78 Å². The average molecular weight is 725 g/mol. The Morgan fingerprint density at radius 2 is 1.67 bits per heavy atom. The highest BCUT2D eigenvalue weighted by atomic mass is 35.5. The number of carbonyl (C=O) groups excluding carboxylic acids is 3. The van der Waals surface area contributed by atoms with Crippen molar-refractivity contribution in [3.63, 3.8) is 0 Å². The van der Waals surface area contributed by atoms with Crippen LogP contribution in [0.5, 0.6) is 0 Å². The molecule has 0 bridgehead atoms. The van der Waals surface area contributed by atoms with E-state index < -0.39 is 17.5 Å². The minimum Gasteiger partial charge on any atom is -0.383 e. The zero-order valence-corrected chi connectivity index (χ0v) is 30.3. The highest BCUT2D eigenvalue weighted by Gasteiger charge is 2.27. The van der Waals surface area contributed by atoms with Gasteiger partial charge in [-0.1, -0.05) is 17.7 Å². The van der Waals surface area contributed by atoms with E-state index in [0.29, 0.717) is 62.7 Å². The fourth-order valence-electron chi connectivity index (χ4n) is 6.05. The van der Waals surface area contributed by atoms with Gasteiger partial charge in [0.15, 0.2) is 17.5 Å². The summed E-state index contributed by atoms with van der Waals surface area (Å²) < 4.78 is 39.0. The number of aromatic nitrogens is 4. The molecule has 0 atom stereocenters. The van der Waals surface area contributed by atoms with Crippen LogP contribution in [0.2, 0.25) is 5.02 Å². The first-order valence-corrected chi connectivity index (χ1v) is 17.1. The van der Waals surface area contributed by atoms with Crippen LogP contribution >= 0.6 is 11.6 Å². The third-order valence-electron chi connectivity index (χ3n) is 8.93. The topological polar surface area (TPSA) is 118 Å². The molecule has 51 heavy (non-hydrogen) atoms. The predicted molar refractivity (Wildman–Crippen MR) is 191 cm³/mol. The van der Waals surface area contributed by atoms with Crippen LogP contribution < -0.4 is 5.32 Å². The van der Waals surface area contributed by atoms with E-state index in [1.807, 2.05) is 14.1 Å². The van der Waals surface area contributed by atoms with Crippen molar-refractivity contribution in [2.24, 2.45) is 7.05 Å². The van der Waals surface area contributed by atoms with Crippen molar-refractivity contribution in [2.45, 2.75) is 32.7 Å². The second kappa shape index (κ2) is 16.6. The third-order valence-corrected chi connectivity index (χ3v) is 9.25. The number of halogens is 3. The van der Waals surface area contributed by atoms with Crippen LogP contribution in [0.25, 0.3) is 22.4 Å². The van der Waals surface area contributed by atoms with Crippen LogP contribution in [0, 0.1) is 18.6 Å². The van der Waals surface area contributed by atoms with Gasteiger partial charge in [0.25, 0.3) is 11.8 Å². The summed E-state index contributed by atoms with van der Waals surface area (Å²) in [7, 11) is 7.11. The number of nitrogens with one attached hydrogen (secondary N) is 1. The largest absolute Gasteiger partial charge is 0.383 e. The zero-order valence-electron chi connectivity index (χ0n) is 29.5. The van der Waals surface area contributed by atoms with Crippen LogP contribution in [0.3, 0.4) is 0 Å². The summed E-state index contributed by atoms with van der Waals surface area (Å²) in [4.78, 5) is 48.8. The van der Waals surface area contributed by atoms with Gasteiger partial charge in [-0.3, -0.25) is 19.1 Å². The smallest absolute Gasteiger partial charge is 0.291 e. The summed E-state index contributed by atoms with van der Waals surface area (Å²) in [5, 5.41) is 7.22. The number of anilines is 1. The third kappa shape index (κ3) is 8.63. The Balaban J connectivity index is 1.21. The molecule has 1 aliphatic rings. The quantitative estimate of drug-likeness (QED) is 0.191. The normalized spacial score (nSPS) is 13.3. The number of hydrogen-bond acceptors (Lipinski definition) is 7. The van der Waals surface area contributed by atoms with Crippen molar-refractivity contribution >= 4 is 35.0 Å². The molecule has 1 aliphatic heterocycles. The first-order chi connectivity index (χ1) is 24.4. The molecule has 1 saturated heterocycles. The van der Waals surface area contributed by atoms with Gasteiger partial charge >= 0.3 is 0 Å². The molecule has 2 aromatic heterocycles. The van der Waals surface area contributed by atoms with E-state index in [1.165, 1.54) is 42.1 Å². The SMILES string of the molecule is COCCn1cc(-c2ccc(-c3cnc(C(=O)Nc4ccc(C(=O)N5CCN(C(=O)CCCCN(C)C)CC5)c(Cl)c4)n3C)c(F)c2F)c(C)n1. The van der Waals surface area contributed by atoms with Crippen molar-refractivity contribution in [3.8, 4) is 22.4 Å². The van der Waals surface area contributed by atoms with Gasteiger partial charge in [-0.15, -0.1) is 0 Å². The van der Waals surface area contributed by atoms with Crippen molar-refractivity contribution in [1.82, 2.24) is 34.0 Å². The monoisotopic (exact) mass is 724 g/mol.